The van der Waals surface area contributed by atoms with Crippen molar-refractivity contribution >= 4 is 23.2 Å². The molecule has 0 aliphatic carbocycles. The molecule has 1 aliphatic heterocycles. The van der Waals surface area contributed by atoms with Crippen molar-refractivity contribution in [3.8, 4) is 11.1 Å². The molecule has 5 aromatic rings. The molecule has 55 heavy (non-hydrogen) atoms. The second kappa shape index (κ2) is 19.8. The molecule has 0 unspecified atom stereocenters. The summed E-state index contributed by atoms with van der Waals surface area (Å²) < 4.78 is 13.2. The van der Waals surface area contributed by atoms with E-state index in [9.17, 15) is 14.7 Å². The highest BCUT2D eigenvalue weighted by Crippen LogP contribution is 2.38. The Labute approximate surface area is 323 Å². The summed E-state index contributed by atoms with van der Waals surface area (Å²) in [4.78, 5) is 31.6. The number of carbonyl (C=O) groups is 2. The second-order valence-electron chi connectivity index (χ2n) is 14.1. The van der Waals surface area contributed by atoms with Crippen LogP contribution >= 0.6 is 0 Å². The summed E-state index contributed by atoms with van der Waals surface area (Å²) in [5.74, 6) is -0.160. The van der Waals surface area contributed by atoms with Crippen LogP contribution in [0.15, 0.2) is 121 Å². The summed E-state index contributed by atoms with van der Waals surface area (Å²) >= 11 is 0. The molecule has 1 aliphatic rings. The van der Waals surface area contributed by atoms with Crippen LogP contribution in [0.5, 0.6) is 0 Å². The third-order valence-electron chi connectivity index (χ3n) is 9.83. The van der Waals surface area contributed by atoms with Crippen molar-refractivity contribution in [2.75, 3.05) is 31.2 Å². The smallest absolute Gasteiger partial charge is 0.224 e. The predicted molar refractivity (Wildman–Crippen MR) is 216 cm³/mol. The highest BCUT2D eigenvalue weighted by Gasteiger charge is 2.32. The first-order chi connectivity index (χ1) is 26.8. The van der Waals surface area contributed by atoms with Crippen LogP contribution in [0.2, 0.25) is 0 Å². The molecule has 10 nitrogen and oxygen atoms in total. The van der Waals surface area contributed by atoms with Gasteiger partial charge in [0, 0.05) is 62.8 Å². The zero-order valence-electron chi connectivity index (χ0n) is 31.4. The molecule has 2 amide bonds. The molecule has 6 rings (SSSR count). The minimum Gasteiger partial charge on any atom is -0.397 e. The molecule has 1 saturated heterocycles. The van der Waals surface area contributed by atoms with Crippen LogP contribution in [0.1, 0.15) is 72.4 Å². The summed E-state index contributed by atoms with van der Waals surface area (Å²) in [6, 6.07) is 37.5. The zero-order chi connectivity index (χ0) is 38.4. The third-order valence-corrected chi connectivity index (χ3v) is 9.83. The lowest BCUT2D eigenvalue weighted by atomic mass is 9.99. The lowest BCUT2D eigenvalue weighted by molar-refractivity contribution is -0.252. The molecule has 4 aromatic carbocycles. The fourth-order valence-electron chi connectivity index (χ4n) is 6.70. The normalized spacial score (nSPS) is 16.8. The number of nitrogens with zero attached hydrogens (tertiary/aromatic N) is 2. The van der Waals surface area contributed by atoms with Crippen LogP contribution in [0.4, 0.5) is 11.4 Å². The molecule has 2 heterocycles. The van der Waals surface area contributed by atoms with E-state index in [1.807, 2.05) is 66.9 Å². The molecule has 0 spiro atoms. The van der Waals surface area contributed by atoms with Crippen LogP contribution in [0.3, 0.4) is 0 Å². The number of hydrogen-bond acceptors (Lipinski definition) is 8. The van der Waals surface area contributed by atoms with Crippen molar-refractivity contribution < 1.29 is 24.2 Å². The molecule has 3 atom stereocenters. The van der Waals surface area contributed by atoms with Gasteiger partial charge in [-0.15, -0.1) is 0 Å². The van der Waals surface area contributed by atoms with Gasteiger partial charge in [0.05, 0.1) is 30.2 Å². The Balaban J connectivity index is 1.02. The van der Waals surface area contributed by atoms with Crippen LogP contribution in [0, 0.1) is 0 Å². The Bertz CT molecular complexity index is 1970. The first-order valence-corrected chi connectivity index (χ1v) is 19.0. The van der Waals surface area contributed by atoms with Gasteiger partial charge >= 0.3 is 0 Å². The maximum atomic E-state index is 12.6. The number of anilines is 2. The van der Waals surface area contributed by atoms with Gasteiger partial charge in [0.2, 0.25) is 11.8 Å². The number of ether oxygens (including phenoxy) is 2. The quantitative estimate of drug-likeness (QED) is 0.0573. The average Bonchev–Trinajstić information content (AvgIpc) is 3.22. The van der Waals surface area contributed by atoms with Crippen molar-refractivity contribution in [3.63, 3.8) is 0 Å². The van der Waals surface area contributed by atoms with E-state index >= 15 is 0 Å². The number of benzene rings is 4. The van der Waals surface area contributed by atoms with E-state index in [2.05, 4.69) is 70.0 Å². The molecule has 0 bridgehead atoms. The third kappa shape index (κ3) is 11.8. The highest BCUT2D eigenvalue weighted by atomic mass is 16.7. The van der Waals surface area contributed by atoms with E-state index < -0.39 is 6.29 Å². The number of aromatic nitrogens is 1. The Hall–Kier alpha value is -5.39. The maximum absolute atomic E-state index is 12.6. The molecular formula is C45H51N5O5. The van der Waals surface area contributed by atoms with Gasteiger partial charge in [-0.05, 0) is 78.0 Å². The standard InChI is InChI=1S/C45H51N5O5/c1-50(26-24-38-11-6-7-25-47-38)30-39-28-42(35-18-16-32(31-51)17-19-35)55-45(54-39)36-22-20-34(21-23-36)37-10-8-9-33(27-37)29-48-43(52)14-4-5-15-44(53)49-41-13-3-2-12-40(41)46/h2-3,6-13,16-23,25,27,39,42,45,51H,4-5,14-15,24,26,28-31,46H2,1H3,(H,48,52)(H,49,53)/t39-,42+,45+/m0/s1. The van der Waals surface area contributed by atoms with E-state index in [1.54, 1.807) is 12.1 Å². The number of hydrogen-bond donors (Lipinski definition) is 4. The predicted octanol–water partition coefficient (Wildman–Crippen LogP) is 7.36. The number of nitrogens with one attached hydrogen (secondary N) is 2. The lowest BCUT2D eigenvalue weighted by Crippen LogP contribution is -2.38. The van der Waals surface area contributed by atoms with Gasteiger partial charge in [0.15, 0.2) is 6.29 Å². The number of aliphatic hydroxyl groups is 1. The van der Waals surface area contributed by atoms with E-state index in [1.165, 1.54) is 0 Å². The molecule has 5 N–H and O–H groups in total. The molecule has 1 aromatic heterocycles. The van der Waals surface area contributed by atoms with Crippen molar-refractivity contribution in [1.29, 1.82) is 0 Å². The Kier molecular flexibility index (Phi) is 14.1. The van der Waals surface area contributed by atoms with Gasteiger partial charge in [-0.25, -0.2) is 0 Å². The molecule has 0 radical (unpaired) electrons. The number of unbranched alkanes of at least 4 members (excludes halogenated alkanes) is 1. The molecule has 286 valence electrons. The van der Waals surface area contributed by atoms with Crippen LogP contribution < -0.4 is 16.4 Å². The Morgan fingerprint density at radius 3 is 2.31 bits per heavy atom. The first-order valence-electron chi connectivity index (χ1n) is 19.0. The van der Waals surface area contributed by atoms with Gasteiger partial charge in [-0.2, -0.15) is 0 Å². The Morgan fingerprint density at radius 2 is 1.56 bits per heavy atom. The highest BCUT2D eigenvalue weighted by molar-refractivity contribution is 5.93. The topological polar surface area (TPSA) is 139 Å². The number of nitrogens with two attached hydrogens (primary N) is 1. The number of carbonyl (C=O) groups excluding carboxylic acids is 2. The minimum absolute atomic E-state index is 0.000680. The molecule has 10 heteroatoms. The molecular weight excluding hydrogens is 691 g/mol. The lowest BCUT2D eigenvalue weighted by Gasteiger charge is -2.38. The maximum Gasteiger partial charge on any atom is 0.224 e. The number of likely N-dealkylation sites (N-methyl/N-ethyl adjacent to an activating group) is 1. The summed E-state index contributed by atoms with van der Waals surface area (Å²) in [5.41, 5.74) is 14.0. The van der Waals surface area contributed by atoms with E-state index in [0.29, 0.717) is 50.0 Å². The van der Waals surface area contributed by atoms with Gasteiger partial charge in [-0.3, -0.25) is 14.6 Å². The number of para-hydroxylation sites is 2. The van der Waals surface area contributed by atoms with Crippen molar-refractivity contribution in [1.82, 2.24) is 15.2 Å². The number of pyridine rings is 1. The number of amides is 2. The SMILES string of the molecule is CN(CCc1ccccn1)C[C@@H]1C[C@H](c2ccc(CO)cc2)O[C@H](c2ccc(-c3cccc(CNC(=O)CCCCC(=O)Nc4ccccc4N)c3)cc2)O1. The van der Waals surface area contributed by atoms with Crippen LogP contribution in [-0.4, -0.2) is 53.0 Å². The first kappa shape index (κ1) is 39.3. The van der Waals surface area contributed by atoms with Gasteiger partial charge in [-0.1, -0.05) is 84.9 Å². The van der Waals surface area contributed by atoms with Crippen molar-refractivity contribution in [2.24, 2.45) is 0 Å². The van der Waals surface area contributed by atoms with Gasteiger partial charge in [0.25, 0.3) is 0 Å². The molecule has 1 fully saturated rings. The summed E-state index contributed by atoms with van der Waals surface area (Å²) in [7, 11) is 2.12. The van der Waals surface area contributed by atoms with Crippen molar-refractivity contribution in [2.45, 2.75) is 70.2 Å². The Morgan fingerprint density at radius 1 is 0.818 bits per heavy atom. The van der Waals surface area contributed by atoms with Crippen molar-refractivity contribution in [3.05, 3.63) is 149 Å². The van der Waals surface area contributed by atoms with Crippen LogP contribution in [-0.2, 0) is 38.6 Å². The van der Waals surface area contributed by atoms with E-state index in [4.69, 9.17) is 15.2 Å². The van der Waals surface area contributed by atoms with E-state index in [-0.39, 0.29) is 30.6 Å². The largest absolute Gasteiger partial charge is 0.397 e. The summed E-state index contributed by atoms with van der Waals surface area (Å²) in [6.45, 7) is 2.03. The second-order valence-corrected chi connectivity index (χ2v) is 14.1. The van der Waals surface area contributed by atoms with Gasteiger partial charge < -0.3 is 35.8 Å². The summed E-state index contributed by atoms with van der Waals surface area (Å²) in [5, 5.41) is 15.4. The summed E-state index contributed by atoms with van der Waals surface area (Å²) in [6.07, 6.45) is 4.55. The fraction of sp³-hybridized carbons (Fsp3) is 0.311. The number of nitrogen functional groups attached to an aromatic ring is 1. The van der Waals surface area contributed by atoms with E-state index in [0.717, 1.165) is 58.6 Å². The monoisotopic (exact) mass is 741 g/mol. The zero-order valence-corrected chi connectivity index (χ0v) is 31.4. The number of aliphatic hydroxyl groups excluding tert-OH is 1. The fourth-order valence-corrected chi connectivity index (χ4v) is 6.70. The number of rotatable bonds is 17. The molecule has 0 saturated carbocycles. The average molecular weight is 742 g/mol. The van der Waals surface area contributed by atoms with Gasteiger partial charge in [0.1, 0.15) is 0 Å². The minimum atomic E-state index is -0.543. The van der Waals surface area contributed by atoms with Crippen LogP contribution in [0.25, 0.3) is 11.1 Å².